The summed E-state index contributed by atoms with van der Waals surface area (Å²) >= 11 is 0. The number of carbonyl (C=O) groups excluding carboxylic acids is 2. The van der Waals surface area contributed by atoms with Gasteiger partial charge in [-0.2, -0.15) is 0 Å². The van der Waals surface area contributed by atoms with Crippen molar-refractivity contribution in [3.63, 3.8) is 0 Å². The molecule has 3 amide bonds. The summed E-state index contributed by atoms with van der Waals surface area (Å²) in [5.41, 5.74) is -1.18. The average molecular weight is 324 g/mol. The van der Waals surface area contributed by atoms with E-state index >= 15 is 0 Å². The average Bonchev–Trinajstić information content (AvgIpc) is 2.65. The lowest BCUT2D eigenvalue weighted by atomic mass is 10.0. The first-order valence-electron chi connectivity index (χ1n) is 8.03. The maximum Gasteiger partial charge on any atom is 0.331 e. The summed E-state index contributed by atoms with van der Waals surface area (Å²) in [6.45, 7) is 10.4. The highest BCUT2D eigenvalue weighted by Crippen LogP contribution is 2.32. The van der Waals surface area contributed by atoms with Gasteiger partial charge in [-0.15, -0.1) is 13.2 Å². The third-order valence-electron chi connectivity index (χ3n) is 4.09. The lowest BCUT2D eigenvalue weighted by Crippen LogP contribution is -2.50. The van der Waals surface area contributed by atoms with Crippen molar-refractivity contribution in [3.8, 4) is 0 Å². The number of aliphatic hydroxyl groups is 2. The molecular weight excluding hydrogens is 296 g/mol. The van der Waals surface area contributed by atoms with Crippen molar-refractivity contribution in [3.05, 3.63) is 25.3 Å². The van der Waals surface area contributed by atoms with Crippen LogP contribution in [0.2, 0.25) is 0 Å². The number of amides is 3. The number of aliphatic hydroxyl groups excluding tert-OH is 2. The molecule has 0 radical (unpaired) electrons. The molecule has 0 saturated carbocycles. The monoisotopic (exact) mass is 324 g/mol. The van der Waals surface area contributed by atoms with E-state index in [1.807, 2.05) is 0 Å². The predicted molar refractivity (Wildman–Crippen MR) is 88.3 cm³/mol. The van der Waals surface area contributed by atoms with Gasteiger partial charge in [0.2, 0.25) is 0 Å². The van der Waals surface area contributed by atoms with Gasteiger partial charge >= 0.3 is 6.03 Å². The molecule has 2 atom stereocenters. The second-order valence-corrected chi connectivity index (χ2v) is 6.29. The highest BCUT2D eigenvalue weighted by atomic mass is 16.3. The van der Waals surface area contributed by atoms with Crippen molar-refractivity contribution in [2.75, 3.05) is 0 Å². The lowest BCUT2D eigenvalue weighted by molar-refractivity contribution is -0.140. The highest BCUT2D eigenvalue weighted by molar-refractivity contribution is 6.06. The highest BCUT2D eigenvalue weighted by Gasteiger charge is 2.55. The van der Waals surface area contributed by atoms with Gasteiger partial charge in [-0.25, -0.2) is 9.69 Å². The summed E-state index contributed by atoms with van der Waals surface area (Å²) in [5, 5.41) is 20.5. The van der Waals surface area contributed by atoms with E-state index in [1.54, 1.807) is 26.0 Å². The van der Waals surface area contributed by atoms with Crippen LogP contribution in [-0.4, -0.2) is 49.9 Å². The van der Waals surface area contributed by atoms with Crippen LogP contribution in [0.1, 0.15) is 52.4 Å². The molecular formula is C17H28N2O4. The molecule has 0 spiro atoms. The van der Waals surface area contributed by atoms with E-state index < -0.39 is 29.9 Å². The van der Waals surface area contributed by atoms with Crippen LogP contribution in [0.5, 0.6) is 0 Å². The van der Waals surface area contributed by atoms with Gasteiger partial charge in [0, 0.05) is 0 Å². The van der Waals surface area contributed by atoms with E-state index in [9.17, 15) is 19.8 Å². The smallest absolute Gasteiger partial charge is 0.331 e. The Morgan fingerprint density at radius 3 is 2.00 bits per heavy atom. The summed E-state index contributed by atoms with van der Waals surface area (Å²) in [5.74, 6) is -0.489. The Bertz CT molecular complexity index is 462. The quantitative estimate of drug-likeness (QED) is 0.367. The number of allylic oxidation sites excluding steroid dienone is 2. The predicted octanol–water partition coefficient (Wildman–Crippen LogP) is 2.38. The Kier molecular flexibility index (Phi) is 6.97. The third kappa shape index (κ3) is 4.20. The van der Waals surface area contributed by atoms with Crippen LogP contribution in [0, 0.1) is 0 Å². The number of rotatable bonds is 10. The number of hydrogen-bond acceptors (Lipinski definition) is 4. The van der Waals surface area contributed by atoms with Crippen molar-refractivity contribution in [1.82, 2.24) is 9.80 Å². The van der Waals surface area contributed by atoms with E-state index in [0.717, 1.165) is 16.2 Å². The molecule has 1 fully saturated rings. The molecule has 6 nitrogen and oxygen atoms in total. The van der Waals surface area contributed by atoms with Crippen LogP contribution >= 0.6 is 0 Å². The van der Waals surface area contributed by atoms with E-state index in [0.29, 0.717) is 32.1 Å². The molecule has 0 aromatic carbocycles. The summed E-state index contributed by atoms with van der Waals surface area (Å²) < 4.78 is 0. The summed E-state index contributed by atoms with van der Waals surface area (Å²) in [6, 6.07) is -0.641. The summed E-state index contributed by atoms with van der Waals surface area (Å²) in [7, 11) is 0. The number of hydrogen-bond donors (Lipinski definition) is 2. The lowest BCUT2D eigenvalue weighted by Gasteiger charge is -2.32. The minimum absolute atomic E-state index is 0.292. The van der Waals surface area contributed by atoms with E-state index in [4.69, 9.17) is 0 Å². The minimum atomic E-state index is -1.18. The number of carbonyl (C=O) groups is 2. The first kappa shape index (κ1) is 19.4. The maximum absolute atomic E-state index is 12.6. The van der Waals surface area contributed by atoms with Crippen LogP contribution in [0.4, 0.5) is 4.79 Å². The number of nitrogens with zero attached hydrogens (tertiary/aromatic N) is 2. The van der Waals surface area contributed by atoms with Gasteiger partial charge in [-0.1, -0.05) is 12.2 Å². The van der Waals surface area contributed by atoms with Crippen molar-refractivity contribution in [2.45, 2.75) is 70.4 Å². The summed E-state index contributed by atoms with van der Waals surface area (Å²) in [6.07, 6.45) is 4.59. The first-order chi connectivity index (χ1) is 10.8. The molecule has 0 unspecified atom stereocenters. The van der Waals surface area contributed by atoms with Gasteiger partial charge in [0.25, 0.3) is 5.91 Å². The van der Waals surface area contributed by atoms with Crippen LogP contribution in [0.15, 0.2) is 25.3 Å². The Morgan fingerprint density at radius 1 is 1.04 bits per heavy atom. The van der Waals surface area contributed by atoms with E-state index in [2.05, 4.69) is 13.2 Å². The molecule has 0 aromatic heterocycles. The van der Waals surface area contributed by atoms with Crippen LogP contribution in [-0.2, 0) is 4.79 Å². The molecule has 130 valence electrons. The molecule has 1 heterocycles. The first-order valence-corrected chi connectivity index (χ1v) is 8.03. The normalized spacial score (nSPS) is 19.8. The van der Waals surface area contributed by atoms with Crippen molar-refractivity contribution in [2.24, 2.45) is 0 Å². The standard InChI is InChI=1S/C17H28N2O4/c1-5-7-9-11-13(20)18-15(22)17(3,4)19(16(18)23)14(21)12-10-8-6-2/h5-6,13-14,20-21H,1-2,7-12H2,3-4H3/t13-,14+/m1/s1. The number of urea groups is 1. The summed E-state index contributed by atoms with van der Waals surface area (Å²) in [4.78, 5) is 27.1. The van der Waals surface area contributed by atoms with Crippen LogP contribution in [0.25, 0.3) is 0 Å². The van der Waals surface area contributed by atoms with Gasteiger partial charge < -0.3 is 10.2 Å². The van der Waals surface area contributed by atoms with Gasteiger partial charge in [-0.3, -0.25) is 9.69 Å². The fourth-order valence-corrected chi connectivity index (χ4v) is 2.75. The zero-order valence-electron chi connectivity index (χ0n) is 14.1. The molecule has 2 N–H and O–H groups in total. The van der Waals surface area contributed by atoms with Crippen LogP contribution in [0.3, 0.4) is 0 Å². The van der Waals surface area contributed by atoms with Crippen molar-refractivity contribution < 1.29 is 19.8 Å². The fraction of sp³-hybridized carbons (Fsp3) is 0.647. The van der Waals surface area contributed by atoms with Gasteiger partial charge in [-0.05, 0) is 52.4 Å². The largest absolute Gasteiger partial charge is 0.373 e. The number of imide groups is 1. The Hall–Kier alpha value is -1.66. The van der Waals surface area contributed by atoms with Gasteiger partial charge in [0.15, 0.2) is 0 Å². The molecule has 0 aromatic rings. The zero-order chi connectivity index (χ0) is 17.6. The third-order valence-corrected chi connectivity index (χ3v) is 4.09. The van der Waals surface area contributed by atoms with Gasteiger partial charge in [0.05, 0.1) is 0 Å². The molecule has 1 aliphatic rings. The molecule has 0 aliphatic carbocycles. The molecule has 1 saturated heterocycles. The maximum atomic E-state index is 12.6. The van der Waals surface area contributed by atoms with E-state index in [1.165, 1.54) is 0 Å². The molecule has 0 bridgehead atoms. The Morgan fingerprint density at radius 2 is 1.52 bits per heavy atom. The van der Waals surface area contributed by atoms with Crippen LogP contribution < -0.4 is 0 Å². The Balaban J connectivity index is 2.85. The second kappa shape index (κ2) is 8.26. The minimum Gasteiger partial charge on any atom is -0.373 e. The molecule has 1 rings (SSSR count). The molecule has 6 heteroatoms. The van der Waals surface area contributed by atoms with Gasteiger partial charge in [0.1, 0.15) is 18.0 Å². The molecule has 1 aliphatic heterocycles. The topological polar surface area (TPSA) is 81.1 Å². The Labute approximate surface area is 138 Å². The zero-order valence-corrected chi connectivity index (χ0v) is 14.1. The molecule has 23 heavy (non-hydrogen) atoms. The second-order valence-electron chi connectivity index (χ2n) is 6.29. The SMILES string of the molecule is C=CCCC[C@@H](O)N1C(=O)N([C@@H](O)CCCC=C)C(C)(C)C1=O. The van der Waals surface area contributed by atoms with Crippen molar-refractivity contribution in [1.29, 1.82) is 0 Å². The van der Waals surface area contributed by atoms with E-state index in [-0.39, 0.29) is 0 Å². The van der Waals surface area contributed by atoms with Crippen molar-refractivity contribution >= 4 is 11.9 Å². The number of unbranched alkanes of at least 4 members (excludes halogenated alkanes) is 2. The fourth-order valence-electron chi connectivity index (χ4n) is 2.75.